The first-order chi connectivity index (χ1) is 15.6. The van der Waals surface area contributed by atoms with Crippen LogP contribution in [0, 0.1) is 11.7 Å². The molecule has 162 valence electrons. The van der Waals surface area contributed by atoms with Gasteiger partial charge < -0.3 is 15.2 Å². The van der Waals surface area contributed by atoms with Crippen LogP contribution >= 0.6 is 0 Å². The highest BCUT2D eigenvalue weighted by molar-refractivity contribution is 5.91. The second kappa shape index (κ2) is 7.11. The molecule has 0 radical (unpaired) electrons. The maximum Gasteiger partial charge on any atom is 0.225 e. The van der Waals surface area contributed by atoms with Gasteiger partial charge in [-0.1, -0.05) is 17.3 Å². The maximum absolute atomic E-state index is 14.1. The van der Waals surface area contributed by atoms with Crippen LogP contribution in [0.4, 0.5) is 10.2 Å². The predicted octanol–water partition coefficient (Wildman–Crippen LogP) is 2.12. The number of carbonyl (C=O) groups is 1. The molecule has 1 aliphatic carbocycles. The van der Waals surface area contributed by atoms with E-state index in [1.807, 2.05) is 15.7 Å². The minimum Gasteiger partial charge on any atom is -0.383 e. The summed E-state index contributed by atoms with van der Waals surface area (Å²) in [6.07, 6.45) is 7.18. The van der Waals surface area contributed by atoms with Crippen molar-refractivity contribution in [3.63, 3.8) is 0 Å². The molecule has 4 aromatic rings. The van der Waals surface area contributed by atoms with Crippen molar-refractivity contribution in [3.8, 4) is 5.69 Å². The lowest BCUT2D eigenvalue weighted by Gasteiger charge is -2.39. The van der Waals surface area contributed by atoms with Gasteiger partial charge in [0.2, 0.25) is 5.91 Å². The molecule has 1 saturated carbocycles. The number of hydrogen-bond acceptors (Lipinski definition) is 6. The fourth-order valence-electron chi connectivity index (χ4n) is 4.35. The standard InChI is InChI=1S/C22H21FN8O/c23-17-3-1-2-4-18(17)31-10-15(27-28-31)9-29-11-16(19-20(24)25-12-26-21(19)29)14-7-30(8-14)22(32)13-5-6-13/h1-4,10-14H,5-9H2,(H2,24,25,26). The summed E-state index contributed by atoms with van der Waals surface area (Å²) in [5, 5.41) is 9.10. The number of nitrogens with two attached hydrogens (primary N) is 1. The highest BCUT2D eigenvalue weighted by atomic mass is 19.1. The Hall–Kier alpha value is -3.82. The summed E-state index contributed by atoms with van der Waals surface area (Å²) in [7, 11) is 0. The van der Waals surface area contributed by atoms with Gasteiger partial charge in [0.05, 0.1) is 18.1 Å². The number of benzene rings is 1. The minimum absolute atomic E-state index is 0.198. The van der Waals surface area contributed by atoms with E-state index in [2.05, 4.69) is 20.3 Å². The number of para-hydroxylation sites is 1. The molecule has 2 N–H and O–H groups in total. The Morgan fingerprint density at radius 1 is 1.16 bits per heavy atom. The van der Waals surface area contributed by atoms with Crippen LogP contribution in [0.2, 0.25) is 0 Å². The number of amides is 1. The van der Waals surface area contributed by atoms with Crippen molar-refractivity contribution >= 4 is 22.8 Å². The summed E-state index contributed by atoms with van der Waals surface area (Å²) >= 11 is 0. The number of fused-ring (bicyclic) bond motifs is 1. The van der Waals surface area contributed by atoms with E-state index in [1.54, 1.807) is 24.4 Å². The molecule has 1 aromatic carbocycles. The fourth-order valence-corrected chi connectivity index (χ4v) is 4.35. The van der Waals surface area contributed by atoms with E-state index in [4.69, 9.17) is 5.73 Å². The van der Waals surface area contributed by atoms with E-state index in [-0.39, 0.29) is 23.6 Å². The summed E-state index contributed by atoms with van der Waals surface area (Å²) in [5.41, 5.74) is 8.96. The van der Waals surface area contributed by atoms with Crippen LogP contribution in [0.3, 0.4) is 0 Å². The second-order valence-electron chi connectivity index (χ2n) is 8.49. The van der Waals surface area contributed by atoms with Gasteiger partial charge in [-0.15, -0.1) is 5.10 Å². The summed E-state index contributed by atoms with van der Waals surface area (Å²) in [6.45, 7) is 1.78. The van der Waals surface area contributed by atoms with Crippen LogP contribution in [0.15, 0.2) is 43.0 Å². The Morgan fingerprint density at radius 3 is 2.75 bits per heavy atom. The monoisotopic (exact) mass is 432 g/mol. The molecule has 32 heavy (non-hydrogen) atoms. The Labute approximate surface area is 182 Å². The average Bonchev–Trinajstić information content (AvgIpc) is 3.41. The van der Waals surface area contributed by atoms with Crippen LogP contribution < -0.4 is 5.73 Å². The Bertz CT molecular complexity index is 1330. The number of carbonyl (C=O) groups excluding carboxylic acids is 1. The van der Waals surface area contributed by atoms with Gasteiger partial charge in [0, 0.05) is 31.1 Å². The Balaban J connectivity index is 1.29. The molecule has 0 bridgehead atoms. The summed E-state index contributed by atoms with van der Waals surface area (Å²) in [5.74, 6) is 0.741. The van der Waals surface area contributed by atoms with Crippen molar-refractivity contribution in [2.45, 2.75) is 25.3 Å². The van der Waals surface area contributed by atoms with Crippen molar-refractivity contribution in [1.29, 1.82) is 0 Å². The number of nitrogen functional groups attached to an aromatic ring is 1. The highest BCUT2D eigenvalue weighted by Crippen LogP contribution is 2.39. The van der Waals surface area contributed by atoms with Crippen LogP contribution in [-0.2, 0) is 11.3 Å². The van der Waals surface area contributed by atoms with Gasteiger partial charge in [-0.25, -0.2) is 19.0 Å². The van der Waals surface area contributed by atoms with Gasteiger partial charge in [0.25, 0.3) is 0 Å². The van der Waals surface area contributed by atoms with Gasteiger partial charge in [0.15, 0.2) is 0 Å². The summed E-state index contributed by atoms with van der Waals surface area (Å²) in [4.78, 5) is 22.9. The molecule has 2 fully saturated rings. The Morgan fingerprint density at radius 2 is 1.97 bits per heavy atom. The van der Waals surface area contributed by atoms with Crippen LogP contribution in [0.1, 0.15) is 30.0 Å². The third kappa shape index (κ3) is 3.10. The summed E-state index contributed by atoms with van der Waals surface area (Å²) in [6, 6.07) is 6.42. The largest absolute Gasteiger partial charge is 0.383 e. The number of halogens is 1. The number of rotatable bonds is 5. The second-order valence-corrected chi connectivity index (χ2v) is 8.49. The molecule has 2 aliphatic rings. The minimum atomic E-state index is -0.367. The SMILES string of the molecule is Nc1ncnc2c1c(C1CN(C(=O)C3CC3)C1)cn2Cc1cn(-c2ccccc2F)nn1. The van der Waals surface area contributed by atoms with E-state index in [1.165, 1.54) is 17.1 Å². The number of nitrogens with zero attached hydrogens (tertiary/aromatic N) is 7. The number of hydrogen-bond donors (Lipinski definition) is 1. The molecule has 9 nitrogen and oxygen atoms in total. The molecule has 0 unspecified atom stereocenters. The predicted molar refractivity (Wildman–Crippen MR) is 114 cm³/mol. The first-order valence-corrected chi connectivity index (χ1v) is 10.6. The van der Waals surface area contributed by atoms with E-state index in [9.17, 15) is 9.18 Å². The zero-order valence-corrected chi connectivity index (χ0v) is 17.2. The van der Waals surface area contributed by atoms with Crippen molar-refractivity contribution in [2.24, 2.45) is 5.92 Å². The van der Waals surface area contributed by atoms with Gasteiger partial charge in [-0.2, -0.15) is 0 Å². The molecule has 10 heteroatoms. The molecule has 1 aliphatic heterocycles. The Kier molecular flexibility index (Phi) is 4.20. The molecule has 0 atom stereocenters. The van der Waals surface area contributed by atoms with E-state index >= 15 is 0 Å². The molecule has 4 heterocycles. The van der Waals surface area contributed by atoms with Gasteiger partial charge in [0.1, 0.15) is 35.0 Å². The fraction of sp³-hybridized carbons (Fsp3) is 0.318. The maximum atomic E-state index is 14.1. The zero-order chi connectivity index (χ0) is 21.8. The van der Waals surface area contributed by atoms with E-state index in [0.717, 1.165) is 23.8 Å². The van der Waals surface area contributed by atoms with Gasteiger partial charge in [-0.3, -0.25) is 4.79 Å². The van der Waals surface area contributed by atoms with Gasteiger partial charge in [-0.05, 0) is 30.5 Å². The molecule has 1 amide bonds. The first kappa shape index (κ1) is 18.9. The van der Waals surface area contributed by atoms with Crippen molar-refractivity contribution in [3.05, 3.63) is 60.1 Å². The number of anilines is 1. The zero-order valence-electron chi connectivity index (χ0n) is 17.2. The third-order valence-corrected chi connectivity index (χ3v) is 6.24. The molecule has 3 aromatic heterocycles. The topological polar surface area (TPSA) is 108 Å². The number of likely N-dealkylation sites (tertiary alicyclic amines) is 1. The normalized spacial score (nSPS) is 16.5. The molecule has 1 saturated heterocycles. The summed E-state index contributed by atoms with van der Waals surface area (Å²) < 4.78 is 17.5. The van der Waals surface area contributed by atoms with Crippen molar-refractivity contribution in [2.75, 3.05) is 18.8 Å². The molecular weight excluding hydrogens is 411 g/mol. The lowest BCUT2D eigenvalue weighted by atomic mass is 9.91. The smallest absolute Gasteiger partial charge is 0.225 e. The van der Waals surface area contributed by atoms with Crippen LogP contribution in [0.5, 0.6) is 0 Å². The van der Waals surface area contributed by atoms with E-state index in [0.29, 0.717) is 42.5 Å². The molecule has 6 rings (SSSR count). The molecular formula is C22H21FN8O. The lowest BCUT2D eigenvalue weighted by Crippen LogP contribution is -2.49. The quantitative estimate of drug-likeness (QED) is 0.518. The highest BCUT2D eigenvalue weighted by Gasteiger charge is 2.40. The average molecular weight is 432 g/mol. The van der Waals surface area contributed by atoms with Crippen molar-refractivity contribution < 1.29 is 9.18 Å². The molecule has 0 spiro atoms. The lowest BCUT2D eigenvalue weighted by molar-refractivity contribution is -0.137. The third-order valence-electron chi connectivity index (χ3n) is 6.24. The first-order valence-electron chi connectivity index (χ1n) is 10.6. The van der Waals surface area contributed by atoms with Crippen LogP contribution in [0.25, 0.3) is 16.7 Å². The van der Waals surface area contributed by atoms with Gasteiger partial charge >= 0.3 is 0 Å². The van der Waals surface area contributed by atoms with Crippen molar-refractivity contribution in [1.82, 2.24) is 34.4 Å². The number of aromatic nitrogens is 6. The van der Waals surface area contributed by atoms with Crippen LogP contribution in [-0.4, -0.2) is 53.4 Å². The van der Waals surface area contributed by atoms with E-state index < -0.39 is 0 Å².